The van der Waals surface area contributed by atoms with Crippen LogP contribution >= 0.6 is 23.2 Å². The summed E-state index contributed by atoms with van der Waals surface area (Å²) in [5.41, 5.74) is 39.0. The lowest BCUT2D eigenvalue weighted by Gasteiger charge is -2.47. The molecule has 2 saturated heterocycles. The van der Waals surface area contributed by atoms with Gasteiger partial charge in [0.2, 0.25) is 0 Å². The molecule has 15 nitrogen and oxygen atoms in total. The molecule has 5 aromatic carbocycles. The first-order chi connectivity index (χ1) is 34.3. The molecule has 1 unspecified atom stereocenters. The molecule has 374 valence electrons. The SMILES string of the molecule is CC(C)(CCN1CCN(c2ccc(-c3nc(N=C(N)N)nc4ccc(Cl)cc34)cc2)CC1)c1ccc(C(C)(C)CC(C)(N)N2CCN(c3ccc(-c4nc(N=C(N)N)nc5ccc(Cl)cc45)cc3)CC2)cc1. The number of guanidine groups is 2. The third-order valence-electron chi connectivity index (χ3n) is 14.4. The first-order valence-corrected chi connectivity index (χ1v) is 25.3. The van der Waals surface area contributed by atoms with Crippen molar-refractivity contribution in [1.82, 2.24) is 29.7 Å². The molecule has 0 bridgehead atoms. The van der Waals surface area contributed by atoms with Crippen molar-refractivity contribution in [3.05, 3.63) is 130 Å². The molecule has 0 amide bonds. The number of nitrogens with zero attached hydrogens (tertiary/aromatic N) is 10. The van der Waals surface area contributed by atoms with Gasteiger partial charge in [-0.3, -0.25) is 9.80 Å². The van der Waals surface area contributed by atoms with Crippen LogP contribution in [0.2, 0.25) is 10.0 Å². The van der Waals surface area contributed by atoms with E-state index in [0.29, 0.717) is 26.8 Å². The number of fused-ring (bicyclic) bond motifs is 2. The zero-order valence-electron chi connectivity index (χ0n) is 41.8. The van der Waals surface area contributed by atoms with Crippen LogP contribution in [-0.4, -0.2) is 106 Å². The van der Waals surface area contributed by atoms with Crippen molar-refractivity contribution >= 4 is 80.2 Å². The van der Waals surface area contributed by atoms with Gasteiger partial charge in [-0.25, -0.2) is 19.9 Å². The number of piperazine rings is 2. The van der Waals surface area contributed by atoms with Gasteiger partial charge in [0.1, 0.15) is 0 Å². The number of nitrogens with two attached hydrogens (primary N) is 5. The number of rotatable bonds is 14. The molecule has 0 radical (unpaired) electrons. The second kappa shape index (κ2) is 20.5. The molecule has 2 fully saturated rings. The Hall–Kier alpha value is -6.62. The maximum atomic E-state index is 7.23. The minimum absolute atomic E-state index is 0.0190. The molecule has 9 rings (SSSR count). The molecule has 17 heteroatoms. The Morgan fingerprint density at radius 2 is 0.944 bits per heavy atom. The predicted molar refractivity (Wildman–Crippen MR) is 298 cm³/mol. The second-order valence-electron chi connectivity index (χ2n) is 20.7. The lowest BCUT2D eigenvalue weighted by Crippen LogP contribution is -2.62. The highest BCUT2D eigenvalue weighted by atomic mass is 35.5. The Labute approximate surface area is 432 Å². The normalized spacial score (nSPS) is 15.9. The summed E-state index contributed by atoms with van der Waals surface area (Å²) in [4.78, 5) is 36.5. The molecule has 1 atom stereocenters. The zero-order chi connectivity index (χ0) is 51.0. The maximum Gasteiger partial charge on any atom is 0.253 e. The molecule has 0 spiro atoms. The third-order valence-corrected chi connectivity index (χ3v) is 14.9. The monoisotopic (exact) mass is 1010 g/mol. The van der Waals surface area contributed by atoms with Crippen molar-refractivity contribution in [2.45, 2.75) is 64.0 Å². The van der Waals surface area contributed by atoms with Crippen molar-refractivity contribution in [1.29, 1.82) is 0 Å². The zero-order valence-corrected chi connectivity index (χ0v) is 43.3. The van der Waals surface area contributed by atoms with E-state index >= 15 is 0 Å². The fourth-order valence-corrected chi connectivity index (χ4v) is 10.7. The summed E-state index contributed by atoms with van der Waals surface area (Å²) in [6.07, 6.45) is 1.89. The van der Waals surface area contributed by atoms with E-state index in [1.54, 1.807) is 12.1 Å². The summed E-state index contributed by atoms with van der Waals surface area (Å²) in [5.74, 6) is 0.216. The number of benzene rings is 5. The summed E-state index contributed by atoms with van der Waals surface area (Å²) in [6.45, 7) is 20.0. The van der Waals surface area contributed by atoms with E-state index in [2.05, 4.69) is 157 Å². The van der Waals surface area contributed by atoms with Crippen LogP contribution in [0.5, 0.6) is 0 Å². The van der Waals surface area contributed by atoms with Crippen LogP contribution in [0, 0.1) is 0 Å². The lowest BCUT2D eigenvalue weighted by atomic mass is 9.75. The van der Waals surface area contributed by atoms with Gasteiger partial charge in [-0.2, -0.15) is 9.98 Å². The molecular weight excluding hydrogens is 942 g/mol. The van der Waals surface area contributed by atoms with E-state index < -0.39 is 5.66 Å². The van der Waals surface area contributed by atoms with E-state index in [4.69, 9.17) is 51.9 Å². The molecule has 0 aliphatic carbocycles. The molecular formula is C55H65Cl2N15. The summed E-state index contributed by atoms with van der Waals surface area (Å²) >= 11 is 12.8. The van der Waals surface area contributed by atoms with E-state index in [0.717, 1.165) is 105 Å². The quantitative estimate of drug-likeness (QED) is 0.0509. The number of hydrogen-bond donors (Lipinski definition) is 5. The highest BCUT2D eigenvalue weighted by Crippen LogP contribution is 2.38. The van der Waals surface area contributed by atoms with E-state index in [1.807, 2.05) is 24.3 Å². The van der Waals surface area contributed by atoms with Crippen molar-refractivity contribution in [2.75, 3.05) is 68.7 Å². The molecule has 0 saturated carbocycles. The van der Waals surface area contributed by atoms with Gasteiger partial charge in [0, 0.05) is 95.7 Å². The summed E-state index contributed by atoms with van der Waals surface area (Å²) in [7, 11) is 0. The molecule has 4 heterocycles. The minimum Gasteiger partial charge on any atom is -0.370 e. The Bertz CT molecular complexity index is 3110. The smallest absolute Gasteiger partial charge is 0.253 e. The summed E-state index contributed by atoms with van der Waals surface area (Å²) < 4.78 is 0. The fraction of sp³-hybridized carbons (Fsp3) is 0.345. The van der Waals surface area contributed by atoms with Gasteiger partial charge in [0.25, 0.3) is 11.9 Å². The molecule has 72 heavy (non-hydrogen) atoms. The van der Waals surface area contributed by atoms with Crippen LogP contribution in [0.25, 0.3) is 44.3 Å². The minimum atomic E-state index is -0.490. The summed E-state index contributed by atoms with van der Waals surface area (Å²) in [5, 5.41) is 2.87. The largest absolute Gasteiger partial charge is 0.370 e. The molecule has 2 aliphatic rings. The standard InChI is InChI=1S/C55H65Cl2N15/c1-53(2,22-23-69-24-26-70(27-25-69)41-16-6-35(7-17-41)47-43-32-39(56)14-20-45(43)63-51(65-47)67-49(58)59)37-10-12-38(13-11-37)54(3,4)34-55(5,62)72-30-28-71(29-31-72)42-18-8-36(9-19-42)48-44-33-40(57)15-21-46(44)64-52(66-48)68-50(60)61/h6-21,32-33H,22-31,34,62H2,1-5H3,(H4,58,59,63,65,67)(H4,60,61,64,66,68). The number of aliphatic imine (C=N–C) groups is 2. The van der Waals surface area contributed by atoms with Crippen molar-refractivity contribution < 1.29 is 0 Å². The molecule has 2 aliphatic heterocycles. The third kappa shape index (κ3) is 11.4. The Morgan fingerprint density at radius 3 is 1.38 bits per heavy atom. The highest BCUT2D eigenvalue weighted by Gasteiger charge is 2.37. The average Bonchev–Trinajstić information content (AvgIpc) is 3.35. The van der Waals surface area contributed by atoms with E-state index in [-0.39, 0.29) is 34.6 Å². The van der Waals surface area contributed by atoms with E-state index in [1.165, 1.54) is 16.8 Å². The first kappa shape index (κ1) is 50.3. The Morgan fingerprint density at radius 1 is 0.528 bits per heavy atom. The number of aromatic nitrogens is 4. The van der Waals surface area contributed by atoms with Gasteiger partial charge < -0.3 is 38.5 Å². The lowest BCUT2D eigenvalue weighted by molar-refractivity contribution is 0.0739. The number of halogens is 2. The summed E-state index contributed by atoms with van der Waals surface area (Å²) in [6, 6.07) is 37.3. The Kier molecular flexibility index (Phi) is 14.3. The molecule has 10 N–H and O–H groups in total. The number of anilines is 2. The van der Waals surface area contributed by atoms with Crippen LogP contribution in [-0.2, 0) is 10.8 Å². The first-order valence-electron chi connectivity index (χ1n) is 24.5. The van der Waals surface area contributed by atoms with Gasteiger partial charge in [0.15, 0.2) is 11.9 Å². The topological polar surface area (TPSA) is 219 Å². The maximum absolute atomic E-state index is 7.23. The predicted octanol–water partition coefficient (Wildman–Crippen LogP) is 8.68. The van der Waals surface area contributed by atoms with E-state index in [9.17, 15) is 0 Å². The van der Waals surface area contributed by atoms with Crippen LogP contribution in [0.1, 0.15) is 58.6 Å². The van der Waals surface area contributed by atoms with Crippen molar-refractivity contribution in [3.63, 3.8) is 0 Å². The van der Waals surface area contributed by atoms with Gasteiger partial charge in [-0.05, 0) is 109 Å². The van der Waals surface area contributed by atoms with Gasteiger partial charge in [-0.15, -0.1) is 0 Å². The Balaban J connectivity index is 0.760. The van der Waals surface area contributed by atoms with Crippen molar-refractivity contribution in [2.24, 2.45) is 38.7 Å². The van der Waals surface area contributed by atoms with Gasteiger partial charge in [0.05, 0.1) is 28.1 Å². The molecule has 2 aromatic heterocycles. The number of hydrogen-bond acceptors (Lipinski definition) is 11. The fourth-order valence-electron chi connectivity index (χ4n) is 10.4. The highest BCUT2D eigenvalue weighted by molar-refractivity contribution is 6.31. The van der Waals surface area contributed by atoms with Crippen LogP contribution < -0.4 is 38.5 Å². The molecule has 7 aromatic rings. The van der Waals surface area contributed by atoms with Gasteiger partial charge in [-0.1, -0.05) is 99.4 Å². The van der Waals surface area contributed by atoms with Crippen molar-refractivity contribution in [3.8, 4) is 22.5 Å². The van der Waals surface area contributed by atoms with Crippen LogP contribution in [0.4, 0.5) is 23.3 Å². The van der Waals surface area contributed by atoms with Crippen LogP contribution in [0.15, 0.2) is 119 Å². The van der Waals surface area contributed by atoms with Crippen LogP contribution in [0.3, 0.4) is 0 Å². The average molecular weight is 1010 g/mol. The van der Waals surface area contributed by atoms with Gasteiger partial charge >= 0.3 is 0 Å². The second-order valence-corrected chi connectivity index (χ2v) is 21.5.